The number of hydroxylamine groups is 2. The van der Waals surface area contributed by atoms with E-state index >= 15 is 0 Å². The Balaban J connectivity index is 1.48. The summed E-state index contributed by atoms with van der Waals surface area (Å²) >= 11 is 0. The summed E-state index contributed by atoms with van der Waals surface area (Å²) in [5.74, 6) is -0.102. The molecule has 0 N–H and O–H groups in total. The van der Waals surface area contributed by atoms with Crippen LogP contribution in [0.25, 0.3) is 0 Å². The third kappa shape index (κ3) is 2.85. The van der Waals surface area contributed by atoms with Gasteiger partial charge in [-0.25, -0.2) is 5.06 Å². The maximum absolute atomic E-state index is 12.0. The molecule has 19 heavy (non-hydrogen) atoms. The van der Waals surface area contributed by atoms with Crippen molar-refractivity contribution in [2.24, 2.45) is 0 Å². The van der Waals surface area contributed by atoms with Gasteiger partial charge in [-0.2, -0.15) is 0 Å². The Morgan fingerprint density at radius 3 is 2.74 bits per heavy atom. The van der Waals surface area contributed by atoms with Gasteiger partial charge in [0, 0.05) is 0 Å². The molecule has 4 heteroatoms. The van der Waals surface area contributed by atoms with Crippen molar-refractivity contribution in [2.45, 2.75) is 31.6 Å². The summed E-state index contributed by atoms with van der Waals surface area (Å²) in [6.07, 6.45) is 6.11. The van der Waals surface area contributed by atoms with Gasteiger partial charge in [0.25, 0.3) is 5.91 Å². The first kappa shape index (κ1) is 12.4. The topological polar surface area (TPSA) is 38.8 Å². The minimum absolute atomic E-state index is 0.0584. The second kappa shape index (κ2) is 5.55. The van der Waals surface area contributed by atoms with Crippen LogP contribution in [-0.2, 0) is 21.0 Å². The maximum Gasteiger partial charge on any atom is 0.272 e. The Bertz CT molecular complexity index is 472. The number of carbonyl (C=O) groups is 1. The molecule has 0 aromatic heterocycles. The standard InChI is InChI=1S/C15H17NO3/c17-15(11-18-10-12-4-2-1-3-5-12)16-13-6-8-14(19-16)9-7-13/h1-6,8,13-14H,7,9-11H2. The molecular formula is C15H17NO3. The van der Waals surface area contributed by atoms with E-state index in [1.54, 1.807) is 0 Å². The van der Waals surface area contributed by atoms with Gasteiger partial charge < -0.3 is 4.74 Å². The third-order valence-corrected chi connectivity index (χ3v) is 3.43. The van der Waals surface area contributed by atoms with E-state index in [0.29, 0.717) is 6.61 Å². The molecule has 1 saturated heterocycles. The van der Waals surface area contributed by atoms with Crippen LogP contribution < -0.4 is 0 Å². The highest BCUT2D eigenvalue weighted by Crippen LogP contribution is 2.27. The number of carbonyl (C=O) groups excluding carboxylic acids is 1. The van der Waals surface area contributed by atoms with Crippen LogP contribution in [0.15, 0.2) is 42.5 Å². The van der Waals surface area contributed by atoms with E-state index in [4.69, 9.17) is 9.57 Å². The molecule has 4 nitrogen and oxygen atoms in total. The Kier molecular flexibility index (Phi) is 3.62. The molecule has 2 atom stereocenters. The van der Waals surface area contributed by atoms with Crippen LogP contribution >= 0.6 is 0 Å². The number of hydrogen-bond donors (Lipinski definition) is 0. The molecule has 2 bridgehead atoms. The summed E-state index contributed by atoms with van der Waals surface area (Å²) in [7, 11) is 0. The average Bonchev–Trinajstić information content (AvgIpc) is 2.49. The minimum atomic E-state index is -0.102. The molecule has 1 aromatic rings. The van der Waals surface area contributed by atoms with Gasteiger partial charge in [0.15, 0.2) is 0 Å². The van der Waals surface area contributed by atoms with Crippen LogP contribution in [0, 0.1) is 0 Å². The SMILES string of the molecule is O=C(COCc1ccccc1)N1OC2C=CC1CC2. The highest BCUT2D eigenvalue weighted by molar-refractivity contribution is 5.77. The van der Waals surface area contributed by atoms with E-state index in [-0.39, 0.29) is 24.7 Å². The number of rotatable bonds is 4. The lowest BCUT2D eigenvalue weighted by Crippen LogP contribution is -2.49. The van der Waals surface area contributed by atoms with E-state index in [0.717, 1.165) is 18.4 Å². The van der Waals surface area contributed by atoms with Crippen molar-refractivity contribution in [2.75, 3.05) is 6.61 Å². The van der Waals surface area contributed by atoms with Crippen molar-refractivity contribution in [1.82, 2.24) is 5.06 Å². The second-order valence-electron chi connectivity index (χ2n) is 4.87. The molecule has 1 fully saturated rings. The molecule has 1 aromatic carbocycles. The number of benzene rings is 1. The van der Waals surface area contributed by atoms with Crippen molar-refractivity contribution in [3.8, 4) is 0 Å². The number of ether oxygens (including phenoxy) is 1. The van der Waals surface area contributed by atoms with E-state index in [1.807, 2.05) is 42.5 Å². The van der Waals surface area contributed by atoms with Crippen LogP contribution in [0.4, 0.5) is 0 Å². The van der Waals surface area contributed by atoms with E-state index in [2.05, 4.69) is 0 Å². The zero-order valence-corrected chi connectivity index (χ0v) is 10.7. The lowest BCUT2D eigenvalue weighted by atomic mass is 9.98. The molecule has 2 unspecified atom stereocenters. The summed E-state index contributed by atoms with van der Waals surface area (Å²) < 4.78 is 5.45. The normalized spacial score (nSPS) is 24.7. The number of fused-ring (bicyclic) bond motifs is 2. The van der Waals surface area contributed by atoms with E-state index < -0.39 is 0 Å². The summed E-state index contributed by atoms with van der Waals surface area (Å²) in [4.78, 5) is 17.6. The minimum Gasteiger partial charge on any atom is -0.367 e. The second-order valence-corrected chi connectivity index (χ2v) is 4.87. The number of amides is 1. The van der Waals surface area contributed by atoms with Gasteiger partial charge in [-0.3, -0.25) is 9.63 Å². The molecule has 100 valence electrons. The largest absolute Gasteiger partial charge is 0.367 e. The average molecular weight is 259 g/mol. The van der Waals surface area contributed by atoms with Gasteiger partial charge in [-0.05, 0) is 18.4 Å². The Hall–Kier alpha value is -1.65. The van der Waals surface area contributed by atoms with Crippen molar-refractivity contribution >= 4 is 5.91 Å². The summed E-state index contributed by atoms with van der Waals surface area (Å²) in [5.41, 5.74) is 1.07. The first-order valence-corrected chi connectivity index (χ1v) is 6.62. The first-order chi connectivity index (χ1) is 9.33. The zero-order chi connectivity index (χ0) is 13.1. The van der Waals surface area contributed by atoms with Crippen molar-refractivity contribution in [1.29, 1.82) is 0 Å². The molecule has 2 heterocycles. The lowest BCUT2D eigenvalue weighted by molar-refractivity contribution is -0.233. The molecule has 1 aliphatic carbocycles. The monoisotopic (exact) mass is 259 g/mol. The Morgan fingerprint density at radius 1 is 1.26 bits per heavy atom. The summed E-state index contributed by atoms with van der Waals surface area (Å²) in [5, 5.41) is 1.47. The van der Waals surface area contributed by atoms with Gasteiger partial charge >= 0.3 is 0 Å². The van der Waals surface area contributed by atoms with E-state index in [1.165, 1.54) is 5.06 Å². The fraction of sp³-hybridized carbons (Fsp3) is 0.400. The molecule has 1 amide bonds. The smallest absolute Gasteiger partial charge is 0.272 e. The van der Waals surface area contributed by atoms with Crippen LogP contribution in [-0.4, -0.2) is 29.7 Å². The predicted molar refractivity (Wildman–Crippen MR) is 70.0 cm³/mol. The summed E-state index contributed by atoms with van der Waals surface area (Å²) in [6, 6.07) is 9.91. The van der Waals surface area contributed by atoms with Crippen LogP contribution in [0.1, 0.15) is 18.4 Å². The third-order valence-electron chi connectivity index (χ3n) is 3.43. The number of nitrogens with zero attached hydrogens (tertiary/aromatic N) is 1. The maximum atomic E-state index is 12.0. The van der Waals surface area contributed by atoms with E-state index in [9.17, 15) is 4.79 Å². The molecule has 0 saturated carbocycles. The van der Waals surface area contributed by atoms with Gasteiger partial charge in [-0.15, -0.1) is 0 Å². The van der Waals surface area contributed by atoms with Gasteiger partial charge in [0.05, 0.1) is 12.6 Å². The Morgan fingerprint density at radius 2 is 2.11 bits per heavy atom. The molecule has 0 radical (unpaired) electrons. The molecular weight excluding hydrogens is 242 g/mol. The predicted octanol–water partition coefficient (Wildman–Crippen LogP) is 2.06. The number of hydrogen-bond acceptors (Lipinski definition) is 3. The van der Waals surface area contributed by atoms with Crippen molar-refractivity contribution in [3.63, 3.8) is 0 Å². The first-order valence-electron chi connectivity index (χ1n) is 6.62. The Labute approximate surface area is 112 Å². The molecule has 2 aliphatic heterocycles. The fourth-order valence-corrected chi connectivity index (χ4v) is 2.42. The van der Waals surface area contributed by atoms with Crippen LogP contribution in [0.3, 0.4) is 0 Å². The lowest BCUT2D eigenvalue weighted by Gasteiger charge is -2.40. The van der Waals surface area contributed by atoms with Gasteiger partial charge in [0.2, 0.25) is 0 Å². The van der Waals surface area contributed by atoms with Crippen LogP contribution in [0.5, 0.6) is 0 Å². The zero-order valence-electron chi connectivity index (χ0n) is 10.7. The van der Waals surface area contributed by atoms with Gasteiger partial charge in [0.1, 0.15) is 12.7 Å². The van der Waals surface area contributed by atoms with Crippen molar-refractivity contribution < 1.29 is 14.4 Å². The highest BCUT2D eigenvalue weighted by Gasteiger charge is 2.34. The van der Waals surface area contributed by atoms with Crippen LogP contribution in [0.2, 0.25) is 0 Å². The fourth-order valence-electron chi connectivity index (χ4n) is 2.42. The molecule has 0 spiro atoms. The molecule has 3 aliphatic rings. The van der Waals surface area contributed by atoms with Crippen molar-refractivity contribution in [3.05, 3.63) is 48.0 Å². The quantitative estimate of drug-likeness (QED) is 0.777. The summed E-state index contributed by atoms with van der Waals surface area (Å²) in [6.45, 7) is 0.510. The highest BCUT2D eigenvalue weighted by atomic mass is 16.7. The molecule has 4 rings (SSSR count). The van der Waals surface area contributed by atoms with Gasteiger partial charge in [-0.1, -0.05) is 42.5 Å².